The van der Waals surface area contributed by atoms with Crippen LogP contribution < -0.4 is 11.1 Å². The van der Waals surface area contributed by atoms with Crippen molar-refractivity contribution in [2.24, 2.45) is 20.5 Å². The molecule has 1 heterocycles. The number of nitrogens with zero attached hydrogens (tertiary/aromatic N) is 7. The molecule has 5 aromatic rings. The number of hydrogen-bond donors (Lipinski definition) is 6. The first kappa shape index (κ1) is 37.3. The van der Waals surface area contributed by atoms with Crippen LogP contribution in [0.2, 0.25) is 10.6 Å². The number of halogens is 2. The van der Waals surface area contributed by atoms with Gasteiger partial charge in [0.1, 0.15) is 26.9 Å². The molecule has 7 N–H and O–H groups in total. The molecule has 51 heavy (non-hydrogen) atoms. The standard InChI is InChI=1S/C27H21Cl2N9O10S3/c1-11-3-4-14(31-27-33-25(28)32-26(29)34-27)9-16(11)35-38-23-19(51(46,47)48)8-13-7-12(2)22(24(39)20(13)21(23)30)37-36-17-10-15(49(40,41)42)5-6-18(17)50(43,44)45/h3-10,39H,30H2,1-2H3,(H,40,41,42)(H,43,44,45)(H,46,47,48)(H,31,32,33,34). The molecule has 24 heteroatoms. The molecule has 0 unspecified atom stereocenters. The summed E-state index contributed by atoms with van der Waals surface area (Å²) in [6.07, 6.45) is 0. The minimum absolute atomic E-state index is 0.00163. The highest BCUT2D eigenvalue weighted by Crippen LogP contribution is 2.47. The molecule has 0 aliphatic carbocycles. The van der Waals surface area contributed by atoms with Gasteiger partial charge in [0.05, 0.1) is 21.7 Å². The molecule has 0 aliphatic rings. The lowest BCUT2D eigenvalue weighted by atomic mass is 10.0. The molecule has 266 valence electrons. The summed E-state index contributed by atoms with van der Waals surface area (Å²) >= 11 is 11.7. The van der Waals surface area contributed by atoms with Crippen molar-refractivity contribution in [2.75, 3.05) is 11.1 Å². The largest absolute Gasteiger partial charge is 0.505 e. The maximum absolute atomic E-state index is 12.5. The van der Waals surface area contributed by atoms with Crippen molar-refractivity contribution >= 4 is 104 Å². The van der Waals surface area contributed by atoms with E-state index in [1.54, 1.807) is 19.1 Å². The number of benzene rings is 4. The second kappa shape index (κ2) is 13.6. The van der Waals surface area contributed by atoms with Crippen molar-refractivity contribution in [1.29, 1.82) is 0 Å². The van der Waals surface area contributed by atoms with E-state index in [1.807, 2.05) is 0 Å². The van der Waals surface area contributed by atoms with E-state index in [0.717, 1.165) is 6.07 Å². The second-order valence-corrected chi connectivity index (χ2v) is 15.3. The number of aryl methyl sites for hydroxylation is 2. The van der Waals surface area contributed by atoms with Crippen LogP contribution in [0.4, 0.5) is 40.1 Å². The highest BCUT2D eigenvalue weighted by atomic mass is 35.5. The number of phenols is 1. The van der Waals surface area contributed by atoms with Gasteiger partial charge in [0.2, 0.25) is 16.5 Å². The predicted molar refractivity (Wildman–Crippen MR) is 183 cm³/mol. The van der Waals surface area contributed by atoms with Gasteiger partial charge in [-0.25, -0.2) is 0 Å². The zero-order valence-electron chi connectivity index (χ0n) is 25.5. The molecular formula is C27H21Cl2N9O10S3. The van der Waals surface area contributed by atoms with Crippen LogP contribution >= 0.6 is 23.2 Å². The van der Waals surface area contributed by atoms with Crippen LogP contribution in [0.25, 0.3) is 10.8 Å². The number of phenolic OH excluding ortho intramolecular Hbond substituents is 1. The van der Waals surface area contributed by atoms with E-state index in [-0.39, 0.29) is 44.2 Å². The van der Waals surface area contributed by atoms with Crippen molar-refractivity contribution in [1.82, 2.24) is 15.0 Å². The van der Waals surface area contributed by atoms with E-state index in [9.17, 15) is 44.0 Å². The highest BCUT2D eigenvalue weighted by molar-refractivity contribution is 7.86. The summed E-state index contributed by atoms with van der Waals surface area (Å²) in [4.78, 5) is 9.04. The van der Waals surface area contributed by atoms with Crippen molar-refractivity contribution in [3.05, 3.63) is 70.2 Å². The number of anilines is 3. The molecule has 0 atom stereocenters. The van der Waals surface area contributed by atoms with Gasteiger partial charge >= 0.3 is 0 Å². The average molecular weight is 799 g/mol. The summed E-state index contributed by atoms with van der Waals surface area (Å²) in [6.45, 7) is 3.05. The monoisotopic (exact) mass is 797 g/mol. The zero-order valence-corrected chi connectivity index (χ0v) is 29.5. The molecule has 0 saturated carbocycles. The number of hydrogen-bond acceptors (Lipinski definition) is 16. The number of nitrogens with two attached hydrogens (primary N) is 1. The van der Waals surface area contributed by atoms with Gasteiger partial charge in [-0.05, 0) is 96.0 Å². The first-order valence-electron chi connectivity index (χ1n) is 13.6. The molecule has 0 saturated heterocycles. The Morgan fingerprint density at radius 1 is 0.686 bits per heavy atom. The van der Waals surface area contributed by atoms with Crippen LogP contribution in [-0.2, 0) is 30.4 Å². The van der Waals surface area contributed by atoms with Crippen molar-refractivity contribution < 1.29 is 44.0 Å². The van der Waals surface area contributed by atoms with Crippen molar-refractivity contribution in [2.45, 2.75) is 28.5 Å². The third-order valence-corrected chi connectivity index (χ3v) is 9.84. The summed E-state index contributed by atoms with van der Waals surface area (Å²) in [5.41, 5.74) is 5.36. The summed E-state index contributed by atoms with van der Waals surface area (Å²) < 4.78 is 101. The zero-order chi connectivity index (χ0) is 37.6. The minimum Gasteiger partial charge on any atom is -0.505 e. The van der Waals surface area contributed by atoms with Gasteiger partial charge in [0, 0.05) is 5.69 Å². The van der Waals surface area contributed by atoms with E-state index in [0.29, 0.717) is 29.4 Å². The average Bonchev–Trinajstić information content (AvgIpc) is 2.99. The Bertz CT molecular complexity index is 2660. The smallest absolute Gasteiger partial charge is 0.296 e. The molecule has 1 aromatic heterocycles. The Morgan fingerprint density at radius 2 is 1.29 bits per heavy atom. The van der Waals surface area contributed by atoms with E-state index in [1.165, 1.54) is 19.1 Å². The number of nitrogen functional groups attached to an aromatic ring is 1. The quantitative estimate of drug-likeness (QED) is 0.0523. The molecule has 4 aromatic carbocycles. The first-order chi connectivity index (χ1) is 23.6. The summed E-state index contributed by atoms with van der Waals surface area (Å²) in [6, 6.07) is 8.98. The summed E-state index contributed by atoms with van der Waals surface area (Å²) in [5.74, 6) is -0.723. The van der Waals surface area contributed by atoms with Crippen molar-refractivity contribution in [3.8, 4) is 5.75 Å². The van der Waals surface area contributed by atoms with Crippen LogP contribution in [0.15, 0.2) is 83.7 Å². The Hall–Kier alpha value is -4.94. The Labute approximate surface area is 298 Å². The van der Waals surface area contributed by atoms with Gasteiger partial charge in [0.25, 0.3) is 30.4 Å². The molecule has 5 rings (SSSR count). The predicted octanol–water partition coefficient (Wildman–Crippen LogP) is 6.55. The molecule has 0 bridgehead atoms. The molecule has 0 radical (unpaired) electrons. The first-order valence-corrected chi connectivity index (χ1v) is 18.6. The van der Waals surface area contributed by atoms with E-state index in [4.69, 9.17) is 28.9 Å². The number of rotatable bonds is 9. The number of nitrogens with one attached hydrogen (secondary N) is 1. The third-order valence-electron chi connectivity index (χ3n) is 6.89. The van der Waals surface area contributed by atoms with E-state index in [2.05, 4.69) is 40.7 Å². The molecular weight excluding hydrogens is 777 g/mol. The van der Waals surface area contributed by atoms with Gasteiger partial charge < -0.3 is 16.2 Å². The Kier molecular flexibility index (Phi) is 9.99. The SMILES string of the molecule is Cc1ccc(Nc2nc(Cl)nc(Cl)n2)cc1N=Nc1c(S(=O)(=O)O)cc2cc(C)c(N=Nc3cc(S(=O)(=O)O)ccc3S(=O)(=O)O)c(O)c2c1N. The van der Waals surface area contributed by atoms with Gasteiger partial charge in [-0.3, -0.25) is 13.7 Å². The van der Waals surface area contributed by atoms with Crippen LogP contribution in [-0.4, -0.2) is 59.0 Å². The van der Waals surface area contributed by atoms with Gasteiger partial charge in [-0.2, -0.15) is 45.3 Å². The van der Waals surface area contributed by atoms with Crippen LogP contribution in [0, 0.1) is 13.8 Å². The Balaban J connectivity index is 1.65. The molecule has 0 aliphatic heterocycles. The molecule has 0 spiro atoms. The number of aromatic hydroxyl groups is 1. The minimum atomic E-state index is -5.00. The van der Waals surface area contributed by atoms with Gasteiger partial charge in [-0.1, -0.05) is 6.07 Å². The second-order valence-electron chi connectivity index (χ2n) is 10.4. The molecule has 0 fully saturated rings. The number of fused-ring (bicyclic) bond motifs is 1. The number of azo groups is 2. The molecule has 0 amide bonds. The molecule has 19 nitrogen and oxygen atoms in total. The lowest BCUT2D eigenvalue weighted by Crippen LogP contribution is -2.02. The lowest BCUT2D eigenvalue weighted by molar-refractivity contribution is 0.478. The topological polar surface area (TPSA) is 309 Å². The van der Waals surface area contributed by atoms with Gasteiger partial charge in [0.15, 0.2) is 5.75 Å². The van der Waals surface area contributed by atoms with Gasteiger partial charge in [-0.15, -0.1) is 15.3 Å². The highest BCUT2D eigenvalue weighted by Gasteiger charge is 2.25. The Morgan fingerprint density at radius 3 is 1.90 bits per heavy atom. The van der Waals surface area contributed by atoms with Crippen LogP contribution in [0.3, 0.4) is 0 Å². The normalized spacial score (nSPS) is 12.7. The lowest BCUT2D eigenvalue weighted by Gasteiger charge is -2.14. The summed E-state index contributed by atoms with van der Waals surface area (Å²) in [7, 11) is -14.8. The maximum Gasteiger partial charge on any atom is 0.296 e. The maximum atomic E-state index is 12.5. The van der Waals surface area contributed by atoms with Crippen molar-refractivity contribution in [3.63, 3.8) is 0 Å². The third kappa shape index (κ3) is 8.18. The fraction of sp³-hybridized carbons (Fsp3) is 0.0741. The fourth-order valence-electron chi connectivity index (χ4n) is 4.57. The number of aromatic nitrogens is 3. The van der Waals surface area contributed by atoms with Crippen LogP contribution in [0.5, 0.6) is 5.75 Å². The summed E-state index contributed by atoms with van der Waals surface area (Å²) in [5, 5.41) is 29.2. The van der Waals surface area contributed by atoms with E-state index >= 15 is 0 Å². The fourth-order valence-corrected chi connectivity index (χ4v) is 6.71. The van der Waals surface area contributed by atoms with E-state index < -0.39 is 67.9 Å². The van der Waals surface area contributed by atoms with Crippen LogP contribution in [0.1, 0.15) is 11.1 Å².